The van der Waals surface area contributed by atoms with E-state index in [9.17, 15) is 0 Å². The summed E-state index contributed by atoms with van der Waals surface area (Å²) in [5, 5.41) is 7.54. The molecule has 5 aliphatic carbocycles. The van der Waals surface area contributed by atoms with E-state index >= 15 is 0 Å². The zero-order valence-electron chi connectivity index (χ0n) is 23.2. The molecule has 5 aliphatic rings. The Balaban J connectivity index is 1.31. The zero-order valence-corrected chi connectivity index (χ0v) is 23.2. The van der Waals surface area contributed by atoms with Gasteiger partial charge in [0.15, 0.2) is 0 Å². The van der Waals surface area contributed by atoms with Gasteiger partial charge in [0, 0.05) is 5.41 Å². The van der Waals surface area contributed by atoms with Crippen LogP contribution in [0.3, 0.4) is 0 Å². The van der Waals surface area contributed by atoms with Crippen molar-refractivity contribution in [3.8, 4) is 22.3 Å². The van der Waals surface area contributed by atoms with Crippen LogP contribution in [0.1, 0.15) is 43.2 Å². The van der Waals surface area contributed by atoms with Crippen LogP contribution in [0, 0.1) is 23.7 Å². The predicted octanol–water partition coefficient (Wildman–Crippen LogP) is 9.33. The second-order valence-electron chi connectivity index (χ2n) is 13.5. The molecule has 11 rings (SSSR count). The summed E-state index contributed by atoms with van der Waals surface area (Å²) < 4.78 is 0. The summed E-state index contributed by atoms with van der Waals surface area (Å²) in [5.74, 6) is 3.43. The van der Waals surface area contributed by atoms with Crippen molar-refractivity contribution < 1.29 is 0 Å². The minimum Gasteiger partial charge on any atom is -0.0812 e. The molecule has 2 radical (unpaired) electrons. The molecule has 4 bridgehead atoms. The Morgan fingerprint density at radius 1 is 0.512 bits per heavy atom. The van der Waals surface area contributed by atoms with Gasteiger partial charge in [0.1, 0.15) is 7.85 Å². The van der Waals surface area contributed by atoms with Crippen molar-refractivity contribution in [3.63, 3.8) is 0 Å². The van der Waals surface area contributed by atoms with E-state index in [1.165, 1.54) is 75.9 Å². The van der Waals surface area contributed by atoms with Gasteiger partial charge >= 0.3 is 0 Å². The molecular weight excluding hydrogens is 491 g/mol. The zero-order chi connectivity index (χ0) is 26.9. The molecule has 0 saturated heterocycles. The molecule has 41 heavy (non-hydrogen) atoms. The third-order valence-electron chi connectivity index (χ3n) is 11.8. The fourth-order valence-corrected chi connectivity index (χ4v) is 10.6. The van der Waals surface area contributed by atoms with Crippen LogP contribution in [0.15, 0.2) is 103 Å². The summed E-state index contributed by atoms with van der Waals surface area (Å²) in [4.78, 5) is 0. The van der Waals surface area contributed by atoms with Crippen molar-refractivity contribution in [3.05, 3.63) is 114 Å². The maximum atomic E-state index is 6.78. The van der Waals surface area contributed by atoms with Gasteiger partial charge in [-0.2, -0.15) is 0 Å². The molecule has 0 heterocycles. The number of hydrogen-bond donors (Lipinski definition) is 0. The second-order valence-corrected chi connectivity index (χ2v) is 13.5. The maximum Gasteiger partial charge on any atom is 0.115 e. The molecule has 0 unspecified atom stereocenters. The van der Waals surface area contributed by atoms with E-state index in [1.807, 2.05) is 0 Å². The second kappa shape index (κ2) is 7.92. The van der Waals surface area contributed by atoms with Gasteiger partial charge in [-0.3, -0.25) is 0 Å². The first-order valence-corrected chi connectivity index (χ1v) is 15.6. The van der Waals surface area contributed by atoms with Crippen LogP contribution in [0.25, 0.3) is 54.6 Å². The lowest BCUT2D eigenvalue weighted by molar-refractivity contribution is -0.0399. The molecule has 6 aromatic rings. The summed E-state index contributed by atoms with van der Waals surface area (Å²) in [6.45, 7) is 0. The Hall–Kier alpha value is -3.84. The Morgan fingerprint density at radius 3 is 1.73 bits per heavy atom. The number of fused-ring (bicyclic) bond motifs is 7. The quantitative estimate of drug-likeness (QED) is 0.149. The van der Waals surface area contributed by atoms with Gasteiger partial charge in [0.05, 0.1) is 0 Å². The van der Waals surface area contributed by atoms with E-state index in [-0.39, 0.29) is 5.41 Å². The third-order valence-corrected chi connectivity index (χ3v) is 11.8. The molecular formula is C40H31B. The normalized spacial score (nSPS) is 27.2. The lowest BCUT2D eigenvalue weighted by Crippen LogP contribution is -2.55. The minimum atomic E-state index is 0.173. The highest BCUT2D eigenvalue weighted by Gasteiger charge is 2.61. The maximum absolute atomic E-state index is 6.78. The predicted molar refractivity (Wildman–Crippen MR) is 173 cm³/mol. The SMILES string of the molecule is [B]c1c2ccccc2c(-c2ccc3c(c2)-c2c(ccc4ccccc24)C32C3CC4CC(C3)CC2C4)c2ccccc12. The van der Waals surface area contributed by atoms with Crippen molar-refractivity contribution in [1.82, 2.24) is 0 Å². The first kappa shape index (κ1) is 22.8. The van der Waals surface area contributed by atoms with Crippen molar-refractivity contribution >= 4 is 45.6 Å². The highest BCUT2D eigenvalue weighted by atomic mass is 14.6. The lowest BCUT2D eigenvalue weighted by Gasteiger charge is -2.61. The summed E-state index contributed by atoms with van der Waals surface area (Å²) in [5.41, 5.74) is 9.89. The van der Waals surface area contributed by atoms with E-state index < -0.39 is 0 Å². The first-order chi connectivity index (χ1) is 20.2. The average molecular weight is 523 g/mol. The van der Waals surface area contributed by atoms with Gasteiger partial charge in [0.2, 0.25) is 0 Å². The molecule has 4 saturated carbocycles. The van der Waals surface area contributed by atoms with E-state index in [0.717, 1.165) is 39.9 Å². The van der Waals surface area contributed by atoms with Gasteiger partial charge in [-0.15, -0.1) is 0 Å². The van der Waals surface area contributed by atoms with Gasteiger partial charge in [0.25, 0.3) is 0 Å². The average Bonchev–Trinajstić information content (AvgIpc) is 3.30. The highest BCUT2D eigenvalue weighted by molar-refractivity contribution is 6.46. The molecule has 4 fully saturated rings. The smallest absolute Gasteiger partial charge is 0.0812 e. The Kier molecular flexibility index (Phi) is 4.40. The first-order valence-electron chi connectivity index (χ1n) is 15.6. The van der Waals surface area contributed by atoms with Crippen molar-refractivity contribution in [1.29, 1.82) is 0 Å². The molecule has 194 valence electrons. The molecule has 0 N–H and O–H groups in total. The lowest BCUT2D eigenvalue weighted by atomic mass is 9.43. The monoisotopic (exact) mass is 522 g/mol. The van der Waals surface area contributed by atoms with Crippen molar-refractivity contribution in [2.75, 3.05) is 0 Å². The molecule has 1 spiro atoms. The van der Waals surface area contributed by atoms with Crippen molar-refractivity contribution in [2.45, 2.75) is 37.5 Å². The van der Waals surface area contributed by atoms with Gasteiger partial charge in [-0.05, 0) is 128 Å². The van der Waals surface area contributed by atoms with E-state index in [2.05, 4.69) is 103 Å². The Labute approximate surface area is 242 Å². The Bertz CT molecular complexity index is 2000. The van der Waals surface area contributed by atoms with Crippen LogP contribution < -0.4 is 5.46 Å². The number of hydrogen-bond acceptors (Lipinski definition) is 0. The third kappa shape index (κ3) is 2.78. The summed E-state index contributed by atoms with van der Waals surface area (Å²) in [7, 11) is 6.78. The molecule has 0 atom stereocenters. The topological polar surface area (TPSA) is 0 Å². The minimum absolute atomic E-state index is 0.173. The molecule has 0 amide bonds. The molecule has 0 nitrogen and oxygen atoms in total. The van der Waals surface area contributed by atoms with E-state index in [1.54, 1.807) is 11.1 Å². The summed E-state index contributed by atoms with van der Waals surface area (Å²) in [6, 6.07) is 39.0. The van der Waals surface area contributed by atoms with Crippen LogP contribution in [0.4, 0.5) is 0 Å². The van der Waals surface area contributed by atoms with Crippen LogP contribution in [-0.4, -0.2) is 7.85 Å². The van der Waals surface area contributed by atoms with Gasteiger partial charge in [-0.25, -0.2) is 0 Å². The fraction of sp³-hybridized carbons (Fsp3) is 0.250. The molecule has 6 aromatic carbocycles. The standard InChI is InChI=1S/C40H31B/c41-39-32-11-5-3-9-30(32)37(31-10-4-6-12-33(31)39)26-14-15-35-34(22-26)38-29-8-2-1-7-25(29)13-16-36(38)40(35)27-18-23-17-24(20-27)21-28(40)19-23/h1-16,22-24,27-28H,17-21H2. The van der Waals surface area contributed by atoms with Crippen LogP contribution in [0.2, 0.25) is 0 Å². The van der Waals surface area contributed by atoms with Crippen LogP contribution >= 0.6 is 0 Å². The van der Waals surface area contributed by atoms with Crippen molar-refractivity contribution in [2.24, 2.45) is 23.7 Å². The summed E-state index contributed by atoms with van der Waals surface area (Å²) in [6.07, 6.45) is 7.12. The largest absolute Gasteiger partial charge is 0.115 e. The highest BCUT2D eigenvalue weighted by Crippen LogP contribution is 2.70. The van der Waals surface area contributed by atoms with Gasteiger partial charge in [-0.1, -0.05) is 103 Å². The van der Waals surface area contributed by atoms with Gasteiger partial charge < -0.3 is 0 Å². The number of rotatable bonds is 1. The van der Waals surface area contributed by atoms with Crippen LogP contribution in [-0.2, 0) is 5.41 Å². The molecule has 1 heteroatoms. The van der Waals surface area contributed by atoms with E-state index in [4.69, 9.17) is 7.85 Å². The fourth-order valence-electron chi connectivity index (χ4n) is 10.6. The molecule has 0 aromatic heterocycles. The number of benzene rings is 6. The van der Waals surface area contributed by atoms with E-state index in [0.29, 0.717) is 0 Å². The van der Waals surface area contributed by atoms with Crippen LogP contribution in [0.5, 0.6) is 0 Å². The summed E-state index contributed by atoms with van der Waals surface area (Å²) >= 11 is 0. The Morgan fingerprint density at radius 2 is 1.07 bits per heavy atom. The molecule has 0 aliphatic heterocycles.